The van der Waals surface area contributed by atoms with Crippen LogP contribution in [0.25, 0.3) is 10.9 Å². The molecule has 0 aliphatic carbocycles. The average molecular weight is 433 g/mol. The summed E-state index contributed by atoms with van der Waals surface area (Å²) in [4.78, 5) is 43.9. The molecule has 1 saturated heterocycles. The second kappa shape index (κ2) is 9.02. The van der Waals surface area contributed by atoms with Gasteiger partial charge in [0.05, 0.1) is 34.7 Å². The number of para-hydroxylation sites is 1. The van der Waals surface area contributed by atoms with E-state index in [0.717, 1.165) is 0 Å². The standard InChI is InChI=1S/C22H19N5O3S/c23-11-15-5-7-16(8-6-15)25-21(29)19-12-31-14-27(19)20(28)9-10-26-13-24-18-4-2-1-3-17(18)22(26)30/h1-8,13,19H,9-10,12,14H2,(H,25,29). The molecule has 1 aliphatic heterocycles. The second-order valence-corrected chi connectivity index (χ2v) is 8.07. The van der Waals surface area contributed by atoms with Gasteiger partial charge >= 0.3 is 0 Å². The number of thioether (sulfide) groups is 1. The zero-order valence-electron chi connectivity index (χ0n) is 16.5. The molecule has 8 nitrogen and oxygen atoms in total. The van der Waals surface area contributed by atoms with Crippen LogP contribution in [0.5, 0.6) is 0 Å². The molecule has 2 heterocycles. The molecule has 1 aromatic heterocycles. The Morgan fingerprint density at radius 3 is 2.74 bits per heavy atom. The number of anilines is 1. The van der Waals surface area contributed by atoms with Gasteiger partial charge in [-0.1, -0.05) is 12.1 Å². The van der Waals surface area contributed by atoms with Crippen LogP contribution in [-0.4, -0.2) is 43.9 Å². The maximum absolute atomic E-state index is 12.8. The highest BCUT2D eigenvalue weighted by molar-refractivity contribution is 7.99. The highest BCUT2D eigenvalue weighted by atomic mass is 32.2. The highest BCUT2D eigenvalue weighted by Gasteiger charge is 2.34. The minimum atomic E-state index is -0.584. The Morgan fingerprint density at radius 2 is 1.97 bits per heavy atom. The normalized spacial score (nSPS) is 15.6. The van der Waals surface area contributed by atoms with E-state index in [1.807, 2.05) is 12.1 Å². The lowest BCUT2D eigenvalue weighted by atomic mass is 10.2. The van der Waals surface area contributed by atoms with E-state index >= 15 is 0 Å². The third-order valence-electron chi connectivity index (χ3n) is 5.08. The van der Waals surface area contributed by atoms with Crippen LogP contribution in [0, 0.1) is 11.3 Å². The van der Waals surface area contributed by atoms with Crippen LogP contribution in [0.3, 0.4) is 0 Å². The van der Waals surface area contributed by atoms with Gasteiger partial charge < -0.3 is 10.2 Å². The number of nitriles is 1. The average Bonchev–Trinajstić information content (AvgIpc) is 3.29. The van der Waals surface area contributed by atoms with Gasteiger partial charge in [0.2, 0.25) is 11.8 Å². The molecule has 9 heteroatoms. The number of hydrogen-bond donors (Lipinski definition) is 1. The summed E-state index contributed by atoms with van der Waals surface area (Å²) in [6.07, 6.45) is 1.55. The SMILES string of the molecule is N#Cc1ccc(NC(=O)C2CSCN2C(=O)CCn2cnc3ccccc3c2=O)cc1. The van der Waals surface area contributed by atoms with Gasteiger partial charge in [-0.3, -0.25) is 19.0 Å². The molecular formula is C22H19N5O3S. The van der Waals surface area contributed by atoms with Gasteiger partial charge in [0, 0.05) is 24.4 Å². The summed E-state index contributed by atoms with van der Waals surface area (Å²) in [6.45, 7) is 0.195. The number of carbonyl (C=O) groups excluding carboxylic acids is 2. The van der Waals surface area contributed by atoms with Crippen molar-refractivity contribution in [2.75, 3.05) is 16.9 Å². The van der Waals surface area contributed by atoms with Crippen molar-refractivity contribution in [3.63, 3.8) is 0 Å². The molecule has 31 heavy (non-hydrogen) atoms. The minimum Gasteiger partial charge on any atom is -0.324 e. The van der Waals surface area contributed by atoms with Gasteiger partial charge in [0.25, 0.3) is 5.56 Å². The molecule has 1 atom stereocenters. The van der Waals surface area contributed by atoms with Crippen molar-refractivity contribution in [2.24, 2.45) is 0 Å². The van der Waals surface area contributed by atoms with Gasteiger partial charge in [0.15, 0.2) is 0 Å². The third kappa shape index (κ3) is 4.44. The summed E-state index contributed by atoms with van der Waals surface area (Å²) < 4.78 is 1.43. The third-order valence-corrected chi connectivity index (χ3v) is 6.10. The number of carbonyl (C=O) groups is 2. The van der Waals surface area contributed by atoms with Crippen molar-refractivity contribution < 1.29 is 9.59 Å². The van der Waals surface area contributed by atoms with Gasteiger partial charge in [-0.15, -0.1) is 11.8 Å². The molecule has 2 amide bonds. The Bertz CT molecular complexity index is 1230. The second-order valence-electron chi connectivity index (χ2n) is 7.07. The fourth-order valence-corrected chi connectivity index (χ4v) is 4.57. The van der Waals surface area contributed by atoms with E-state index in [2.05, 4.69) is 10.3 Å². The summed E-state index contributed by atoms with van der Waals surface area (Å²) in [7, 11) is 0. The number of nitrogens with zero attached hydrogens (tertiary/aromatic N) is 4. The number of nitrogens with one attached hydrogen (secondary N) is 1. The number of hydrogen-bond acceptors (Lipinski definition) is 6. The van der Waals surface area contributed by atoms with Crippen LogP contribution < -0.4 is 10.9 Å². The number of aromatic nitrogens is 2. The summed E-state index contributed by atoms with van der Waals surface area (Å²) in [5.74, 6) is 0.471. The smallest absolute Gasteiger partial charge is 0.261 e. The van der Waals surface area contributed by atoms with Gasteiger partial charge in [-0.2, -0.15) is 5.26 Å². The van der Waals surface area contributed by atoms with Crippen LogP contribution in [-0.2, 0) is 16.1 Å². The topological polar surface area (TPSA) is 108 Å². The van der Waals surface area contributed by atoms with Gasteiger partial charge in [0.1, 0.15) is 6.04 Å². The fourth-order valence-electron chi connectivity index (χ4n) is 3.38. The summed E-state index contributed by atoms with van der Waals surface area (Å²) in [6, 6.07) is 15.1. The first kappa shape index (κ1) is 20.6. The molecule has 4 rings (SSSR count). The number of aryl methyl sites for hydroxylation is 1. The summed E-state index contributed by atoms with van der Waals surface area (Å²) >= 11 is 1.51. The van der Waals surface area contributed by atoms with E-state index < -0.39 is 6.04 Å². The fraction of sp³-hybridized carbons (Fsp3) is 0.227. The van der Waals surface area contributed by atoms with Crippen molar-refractivity contribution >= 4 is 40.2 Å². The van der Waals surface area contributed by atoms with E-state index in [1.54, 1.807) is 47.4 Å². The lowest BCUT2D eigenvalue weighted by Crippen LogP contribution is -2.44. The maximum atomic E-state index is 12.8. The number of amides is 2. The van der Waals surface area contributed by atoms with E-state index in [9.17, 15) is 14.4 Å². The molecule has 156 valence electrons. The monoisotopic (exact) mass is 433 g/mol. The van der Waals surface area contributed by atoms with E-state index in [4.69, 9.17) is 5.26 Å². The lowest BCUT2D eigenvalue weighted by molar-refractivity contribution is -0.136. The van der Waals surface area contributed by atoms with Crippen LogP contribution in [0.15, 0.2) is 59.7 Å². The largest absolute Gasteiger partial charge is 0.324 e. The van der Waals surface area contributed by atoms with Crippen LogP contribution in [0.4, 0.5) is 5.69 Å². The molecule has 2 aromatic carbocycles. The first-order valence-corrected chi connectivity index (χ1v) is 10.8. The Balaban J connectivity index is 1.41. The van der Waals surface area contributed by atoms with E-state index in [1.165, 1.54) is 22.7 Å². The number of fused-ring (bicyclic) bond motifs is 1. The molecule has 1 fully saturated rings. The quantitative estimate of drug-likeness (QED) is 0.661. The van der Waals surface area contributed by atoms with Crippen molar-refractivity contribution in [3.8, 4) is 6.07 Å². The van der Waals surface area contributed by atoms with Crippen LogP contribution in [0.2, 0.25) is 0 Å². The Hall–Kier alpha value is -3.64. The van der Waals surface area contributed by atoms with Crippen molar-refractivity contribution in [1.82, 2.24) is 14.5 Å². The number of rotatable bonds is 5. The summed E-state index contributed by atoms with van der Waals surface area (Å²) in [5.41, 5.74) is 1.50. The molecular weight excluding hydrogens is 414 g/mol. The molecule has 1 N–H and O–H groups in total. The zero-order chi connectivity index (χ0) is 21.8. The van der Waals surface area contributed by atoms with Crippen LogP contribution >= 0.6 is 11.8 Å². The van der Waals surface area contributed by atoms with Crippen molar-refractivity contribution in [2.45, 2.75) is 19.0 Å². The molecule has 1 unspecified atom stereocenters. The zero-order valence-corrected chi connectivity index (χ0v) is 17.3. The lowest BCUT2D eigenvalue weighted by Gasteiger charge is -2.23. The molecule has 3 aromatic rings. The van der Waals surface area contributed by atoms with Crippen molar-refractivity contribution in [1.29, 1.82) is 5.26 Å². The Morgan fingerprint density at radius 1 is 1.19 bits per heavy atom. The molecule has 1 aliphatic rings. The predicted molar refractivity (Wildman–Crippen MR) is 118 cm³/mol. The minimum absolute atomic E-state index is 0.0983. The molecule has 0 spiro atoms. The predicted octanol–water partition coefficient (Wildman–Crippen LogP) is 2.20. The van der Waals surface area contributed by atoms with E-state index in [-0.39, 0.29) is 30.3 Å². The highest BCUT2D eigenvalue weighted by Crippen LogP contribution is 2.23. The first-order valence-electron chi connectivity index (χ1n) is 9.69. The Kier molecular flexibility index (Phi) is 6.00. The Labute approximate surface area is 182 Å². The van der Waals surface area contributed by atoms with Crippen LogP contribution in [0.1, 0.15) is 12.0 Å². The number of benzene rings is 2. The summed E-state index contributed by atoms with van der Waals surface area (Å²) in [5, 5.41) is 12.2. The van der Waals surface area contributed by atoms with Gasteiger partial charge in [-0.25, -0.2) is 4.98 Å². The molecule has 0 saturated carbocycles. The van der Waals surface area contributed by atoms with E-state index in [0.29, 0.717) is 33.8 Å². The van der Waals surface area contributed by atoms with Crippen molar-refractivity contribution in [3.05, 3.63) is 70.8 Å². The first-order chi connectivity index (χ1) is 15.1. The van der Waals surface area contributed by atoms with Gasteiger partial charge in [-0.05, 0) is 36.4 Å². The molecule has 0 bridgehead atoms. The molecule has 0 radical (unpaired) electrons. The maximum Gasteiger partial charge on any atom is 0.261 e.